The minimum absolute atomic E-state index is 0.290. The third-order valence-corrected chi connectivity index (χ3v) is 4.98. The van der Waals surface area contributed by atoms with Gasteiger partial charge in [-0.2, -0.15) is 0 Å². The van der Waals surface area contributed by atoms with Crippen molar-refractivity contribution in [3.05, 3.63) is 16.8 Å². The van der Waals surface area contributed by atoms with Gasteiger partial charge in [0.15, 0.2) is 0 Å². The monoisotopic (exact) mass is 336 g/mol. The van der Waals surface area contributed by atoms with Crippen LogP contribution < -0.4 is 5.32 Å². The predicted octanol–water partition coefficient (Wildman–Crippen LogP) is 2.93. The molecule has 2 aromatic rings. The fourth-order valence-corrected chi connectivity index (χ4v) is 3.51. The second kappa shape index (κ2) is 8.21. The van der Waals surface area contributed by atoms with Crippen LogP contribution in [0.3, 0.4) is 0 Å². The van der Waals surface area contributed by atoms with Crippen molar-refractivity contribution >= 4 is 33.3 Å². The van der Waals surface area contributed by atoms with Crippen LogP contribution in [-0.2, 0) is 4.74 Å². The van der Waals surface area contributed by atoms with Crippen LogP contribution >= 0.6 is 11.3 Å². The molecule has 7 heteroatoms. The molecule has 1 N–H and O–H groups in total. The average Bonchev–Trinajstić information content (AvgIpc) is 2.90. The molecule has 6 nitrogen and oxygen atoms in total. The average molecular weight is 336 g/mol. The van der Waals surface area contributed by atoms with E-state index in [4.69, 9.17) is 4.74 Å². The molecule has 23 heavy (non-hydrogen) atoms. The molecule has 2 rings (SSSR count). The largest absolute Gasteiger partial charge is 0.462 e. The minimum atomic E-state index is -0.290. The molecule has 0 aliphatic heterocycles. The third kappa shape index (κ3) is 3.97. The standard InChI is InChI=1S/C16H24N4O2S/c1-5-20(6-2)9-8-17-14-12-11(4)13(16(21)22-7-3)23-15(12)19-10-18-14/h10H,5-9H2,1-4H3,(H,17,18,19). The highest BCUT2D eigenvalue weighted by Crippen LogP contribution is 2.33. The van der Waals surface area contributed by atoms with Crippen molar-refractivity contribution < 1.29 is 9.53 Å². The zero-order valence-corrected chi connectivity index (χ0v) is 15.0. The highest BCUT2D eigenvalue weighted by atomic mass is 32.1. The molecule has 0 aliphatic rings. The maximum absolute atomic E-state index is 12.0. The number of carbonyl (C=O) groups is 1. The van der Waals surface area contributed by atoms with Crippen LogP contribution in [0.1, 0.15) is 36.0 Å². The molecule has 0 saturated heterocycles. The van der Waals surface area contributed by atoms with E-state index in [1.807, 2.05) is 6.92 Å². The van der Waals surface area contributed by atoms with Crippen molar-refractivity contribution in [2.75, 3.05) is 38.1 Å². The number of likely N-dealkylation sites (N-methyl/N-ethyl adjacent to an activating group) is 1. The highest BCUT2D eigenvalue weighted by molar-refractivity contribution is 7.20. The normalized spacial score (nSPS) is 11.2. The number of hydrogen-bond acceptors (Lipinski definition) is 7. The predicted molar refractivity (Wildman–Crippen MR) is 94.4 cm³/mol. The maximum Gasteiger partial charge on any atom is 0.348 e. The van der Waals surface area contributed by atoms with Gasteiger partial charge in [0.1, 0.15) is 21.9 Å². The van der Waals surface area contributed by atoms with Gasteiger partial charge in [0, 0.05) is 13.1 Å². The summed E-state index contributed by atoms with van der Waals surface area (Å²) in [5.74, 6) is 0.494. The van der Waals surface area contributed by atoms with Gasteiger partial charge in [0.2, 0.25) is 0 Å². The van der Waals surface area contributed by atoms with E-state index >= 15 is 0 Å². The van der Waals surface area contributed by atoms with E-state index in [0.717, 1.165) is 47.8 Å². The van der Waals surface area contributed by atoms with Crippen LogP contribution in [0.2, 0.25) is 0 Å². The molecule has 0 aromatic carbocycles. The lowest BCUT2D eigenvalue weighted by Gasteiger charge is -2.18. The van der Waals surface area contributed by atoms with Crippen LogP contribution in [0.15, 0.2) is 6.33 Å². The highest BCUT2D eigenvalue weighted by Gasteiger charge is 2.20. The van der Waals surface area contributed by atoms with Gasteiger partial charge in [-0.25, -0.2) is 14.8 Å². The van der Waals surface area contributed by atoms with Gasteiger partial charge >= 0.3 is 5.97 Å². The SMILES string of the molecule is CCOC(=O)c1sc2ncnc(NCCN(CC)CC)c2c1C. The molecular weight excluding hydrogens is 312 g/mol. The molecule has 0 aliphatic carbocycles. The lowest BCUT2D eigenvalue weighted by atomic mass is 10.2. The minimum Gasteiger partial charge on any atom is -0.462 e. The summed E-state index contributed by atoms with van der Waals surface area (Å²) in [5, 5.41) is 4.29. The second-order valence-corrected chi connectivity index (χ2v) is 6.13. The van der Waals surface area contributed by atoms with E-state index in [1.54, 1.807) is 6.92 Å². The van der Waals surface area contributed by atoms with Crippen molar-refractivity contribution in [3.63, 3.8) is 0 Å². The number of nitrogens with one attached hydrogen (secondary N) is 1. The lowest BCUT2D eigenvalue weighted by Crippen LogP contribution is -2.28. The molecule has 0 spiro atoms. The number of hydrogen-bond donors (Lipinski definition) is 1. The molecule has 0 atom stereocenters. The first kappa shape index (κ1) is 17.6. The first-order chi connectivity index (χ1) is 11.1. The number of aromatic nitrogens is 2. The van der Waals surface area contributed by atoms with E-state index in [0.29, 0.717) is 11.5 Å². The number of fused-ring (bicyclic) bond motifs is 1. The van der Waals surface area contributed by atoms with E-state index in [-0.39, 0.29) is 5.97 Å². The zero-order chi connectivity index (χ0) is 16.8. The molecule has 0 fully saturated rings. The number of ether oxygens (including phenoxy) is 1. The van der Waals surface area contributed by atoms with Gasteiger partial charge in [-0.3, -0.25) is 0 Å². The zero-order valence-electron chi connectivity index (χ0n) is 14.2. The summed E-state index contributed by atoms with van der Waals surface area (Å²) in [6.07, 6.45) is 1.53. The summed E-state index contributed by atoms with van der Waals surface area (Å²) in [7, 11) is 0. The van der Waals surface area contributed by atoms with Crippen molar-refractivity contribution in [1.82, 2.24) is 14.9 Å². The molecule has 0 saturated carbocycles. The molecule has 0 bridgehead atoms. The summed E-state index contributed by atoms with van der Waals surface area (Å²) in [5.41, 5.74) is 0.884. The topological polar surface area (TPSA) is 67.3 Å². The van der Waals surface area contributed by atoms with E-state index in [9.17, 15) is 4.79 Å². The Hall–Kier alpha value is -1.73. The van der Waals surface area contributed by atoms with Gasteiger partial charge in [0.05, 0.1) is 12.0 Å². The molecule has 2 aromatic heterocycles. The Morgan fingerprint density at radius 3 is 2.70 bits per heavy atom. The van der Waals surface area contributed by atoms with E-state index in [1.165, 1.54) is 17.7 Å². The molecular formula is C16H24N4O2S. The maximum atomic E-state index is 12.0. The second-order valence-electron chi connectivity index (χ2n) is 5.13. The first-order valence-electron chi connectivity index (χ1n) is 7.99. The number of rotatable bonds is 8. The van der Waals surface area contributed by atoms with Crippen LogP contribution in [-0.4, -0.2) is 53.6 Å². The Kier molecular flexibility index (Phi) is 6.29. The quantitative estimate of drug-likeness (QED) is 0.748. The van der Waals surface area contributed by atoms with Crippen molar-refractivity contribution in [1.29, 1.82) is 0 Å². The van der Waals surface area contributed by atoms with E-state index in [2.05, 4.69) is 34.0 Å². The van der Waals surface area contributed by atoms with Gasteiger partial charge in [-0.1, -0.05) is 13.8 Å². The van der Waals surface area contributed by atoms with Gasteiger partial charge in [-0.05, 0) is 32.5 Å². The third-order valence-electron chi connectivity index (χ3n) is 3.80. The summed E-state index contributed by atoms with van der Waals surface area (Å²) in [6.45, 7) is 12.2. The fourth-order valence-electron chi connectivity index (χ4n) is 2.47. The Morgan fingerprint density at radius 2 is 2.04 bits per heavy atom. The van der Waals surface area contributed by atoms with Crippen molar-refractivity contribution in [2.45, 2.75) is 27.7 Å². The van der Waals surface area contributed by atoms with Crippen molar-refractivity contribution in [3.8, 4) is 0 Å². The summed E-state index contributed by atoms with van der Waals surface area (Å²) in [6, 6.07) is 0. The molecule has 0 amide bonds. The lowest BCUT2D eigenvalue weighted by molar-refractivity contribution is 0.0531. The van der Waals surface area contributed by atoms with Gasteiger partial charge < -0.3 is 15.0 Å². The number of thiophene rings is 1. The Labute approximate surface area is 140 Å². The van der Waals surface area contributed by atoms with Crippen LogP contribution in [0, 0.1) is 6.92 Å². The number of nitrogens with zero attached hydrogens (tertiary/aromatic N) is 3. The number of anilines is 1. The summed E-state index contributed by atoms with van der Waals surface area (Å²) < 4.78 is 5.12. The van der Waals surface area contributed by atoms with Gasteiger partial charge in [-0.15, -0.1) is 11.3 Å². The molecule has 0 unspecified atom stereocenters. The molecule has 0 radical (unpaired) electrons. The first-order valence-corrected chi connectivity index (χ1v) is 8.81. The van der Waals surface area contributed by atoms with Crippen LogP contribution in [0.25, 0.3) is 10.2 Å². The number of carbonyl (C=O) groups excluding carboxylic acids is 1. The summed E-state index contributed by atoms with van der Waals surface area (Å²) in [4.78, 5) is 24.4. The van der Waals surface area contributed by atoms with Gasteiger partial charge in [0.25, 0.3) is 0 Å². The number of esters is 1. The summed E-state index contributed by atoms with van der Waals surface area (Å²) >= 11 is 1.36. The van der Waals surface area contributed by atoms with E-state index < -0.39 is 0 Å². The Balaban J connectivity index is 2.22. The molecule has 126 valence electrons. The molecule has 2 heterocycles. The Morgan fingerprint density at radius 1 is 1.30 bits per heavy atom. The number of aryl methyl sites for hydroxylation is 1. The fraction of sp³-hybridized carbons (Fsp3) is 0.562. The Bertz CT molecular complexity index is 667. The van der Waals surface area contributed by atoms with Crippen LogP contribution in [0.4, 0.5) is 5.82 Å². The smallest absolute Gasteiger partial charge is 0.348 e. The van der Waals surface area contributed by atoms with Crippen molar-refractivity contribution in [2.24, 2.45) is 0 Å². The van der Waals surface area contributed by atoms with Crippen LogP contribution in [0.5, 0.6) is 0 Å².